The molecule has 0 aliphatic rings. The molecule has 1 atom stereocenters. The van der Waals surface area contributed by atoms with Crippen LogP contribution in [0.2, 0.25) is 0 Å². The Morgan fingerprint density at radius 3 is 0.739 bits per heavy atom. The molecular weight excluding hydrogens is 1080 g/mol. The summed E-state index contributed by atoms with van der Waals surface area (Å²) in [5, 5.41) is 9.72. The minimum atomic E-state index is -0.776. The minimum Gasteiger partial charge on any atom is -0.462 e. The number of hydrogen-bond donors (Lipinski definition) is 1. The molecule has 0 radical (unpaired) electrons. The number of hydrogen-bond acceptors (Lipinski definition) is 5. The Kier molecular flexibility index (Phi) is 74.8. The van der Waals surface area contributed by atoms with E-state index < -0.39 is 6.10 Å². The normalized spacial score (nSPS) is 12.8. The second-order valence-corrected chi connectivity index (χ2v) is 25.7. The third kappa shape index (κ3) is 75.0. The summed E-state index contributed by atoms with van der Waals surface area (Å²) in [6, 6.07) is 0. The van der Waals surface area contributed by atoms with Crippen LogP contribution in [0.15, 0.2) is 109 Å². The number of aliphatic hydroxyl groups is 1. The van der Waals surface area contributed by atoms with E-state index in [-0.39, 0.29) is 25.2 Å². The van der Waals surface area contributed by atoms with Crippen LogP contribution in [0.1, 0.15) is 386 Å². The Hall–Kier alpha value is -3.44. The summed E-state index contributed by atoms with van der Waals surface area (Å²) in [5.41, 5.74) is 0. The minimum absolute atomic E-state index is 0.0641. The summed E-state index contributed by atoms with van der Waals surface area (Å²) in [6.45, 7) is 4.06. The molecule has 508 valence electrons. The highest BCUT2D eigenvalue weighted by molar-refractivity contribution is 5.70. The molecule has 5 nitrogen and oxygen atoms in total. The fourth-order valence-corrected chi connectivity index (χ4v) is 11.3. The lowest BCUT2D eigenvalue weighted by Crippen LogP contribution is -2.28. The van der Waals surface area contributed by atoms with Crippen molar-refractivity contribution in [2.75, 3.05) is 13.2 Å². The monoisotopic (exact) mass is 1220 g/mol. The highest BCUT2D eigenvalue weighted by Crippen LogP contribution is 2.19. The SMILES string of the molecule is CC/C=C\C/C=C\C/C=C\C/C=C\C/C=C\C/C=C\CCCCCCCCCCCCCCCCCCCCC(=O)OC(CO)COC(=O)CCCCCCCCCCCCCCCCCCCCCCCC/C=C\C/C=C\C/C=C\CCCCCCC. The molecule has 0 amide bonds. The van der Waals surface area contributed by atoms with Gasteiger partial charge in [0.15, 0.2) is 6.10 Å². The fourth-order valence-electron chi connectivity index (χ4n) is 11.3. The maximum Gasteiger partial charge on any atom is 0.306 e. The molecule has 0 spiro atoms. The van der Waals surface area contributed by atoms with E-state index in [1.54, 1.807) is 0 Å². The summed E-state index contributed by atoms with van der Waals surface area (Å²) in [6.07, 6.45) is 113. The van der Waals surface area contributed by atoms with Crippen molar-refractivity contribution in [3.63, 3.8) is 0 Å². The van der Waals surface area contributed by atoms with Gasteiger partial charge in [0.2, 0.25) is 0 Å². The Morgan fingerprint density at radius 2 is 0.489 bits per heavy atom. The van der Waals surface area contributed by atoms with E-state index in [4.69, 9.17) is 9.47 Å². The summed E-state index contributed by atoms with van der Waals surface area (Å²) >= 11 is 0. The number of rotatable bonds is 71. The molecule has 1 N–H and O–H groups in total. The number of esters is 2. The highest BCUT2D eigenvalue weighted by atomic mass is 16.6. The van der Waals surface area contributed by atoms with E-state index in [9.17, 15) is 14.7 Å². The van der Waals surface area contributed by atoms with E-state index in [0.29, 0.717) is 12.8 Å². The van der Waals surface area contributed by atoms with E-state index in [1.807, 2.05) is 0 Å². The van der Waals surface area contributed by atoms with Gasteiger partial charge < -0.3 is 14.6 Å². The van der Waals surface area contributed by atoms with E-state index in [0.717, 1.165) is 89.9 Å². The molecule has 1 unspecified atom stereocenters. The molecule has 0 aromatic rings. The molecule has 88 heavy (non-hydrogen) atoms. The lowest BCUT2D eigenvalue weighted by Gasteiger charge is -2.15. The van der Waals surface area contributed by atoms with Gasteiger partial charge in [0.1, 0.15) is 6.61 Å². The van der Waals surface area contributed by atoms with Gasteiger partial charge >= 0.3 is 11.9 Å². The summed E-state index contributed by atoms with van der Waals surface area (Å²) < 4.78 is 10.8. The van der Waals surface area contributed by atoms with Crippen molar-refractivity contribution in [1.82, 2.24) is 0 Å². The first-order chi connectivity index (χ1) is 43.6. The third-order valence-corrected chi connectivity index (χ3v) is 17.1. The van der Waals surface area contributed by atoms with Gasteiger partial charge in [0, 0.05) is 12.8 Å². The van der Waals surface area contributed by atoms with Crippen LogP contribution in [-0.4, -0.2) is 36.4 Å². The van der Waals surface area contributed by atoms with Gasteiger partial charge in [0.25, 0.3) is 0 Å². The molecule has 0 fully saturated rings. The van der Waals surface area contributed by atoms with E-state index in [2.05, 4.69) is 123 Å². The van der Waals surface area contributed by atoms with Crippen LogP contribution in [0.3, 0.4) is 0 Å². The maximum absolute atomic E-state index is 12.4. The third-order valence-electron chi connectivity index (χ3n) is 17.1. The van der Waals surface area contributed by atoms with Gasteiger partial charge in [-0.15, -0.1) is 0 Å². The molecular formula is C83H146O5. The van der Waals surface area contributed by atoms with Gasteiger partial charge in [0.05, 0.1) is 6.61 Å². The average Bonchev–Trinajstić information content (AvgIpc) is 3.55. The van der Waals surface area contributed by atoms with E-state index in [1.165, 1.54) is 270 Å². The summed E-state index contributed by atoms with van der Waals surface area (Å²) in [7, 11) is 0. The molecule has 5 heteroatoms. The van der Waals surface area contributed by atoms with Crippen LogP contribution in [-0.2, 0) is 19.1 Å². The van der Waals surface area contributed by atoms with Crippen molar-refractivity contribution < 1.29 is 24.2 Å². The first kappa shape index (κ1) is 84.6. The standard InChI is InChI=1S/C83H146O5/c1-3-5-7-9-11-13-15-17-19-21-23-25-27-29-31-33-35-37-39-41-43-45-47-49-51-53-55-57-59-61-63-65-67-69-71-73-75-77-82(85)87-80-81(79-84)88-83(86)78-76-74-72-70-68-66-64-62-60-58-56-54-52-50-48-46-44-42-40-38-36-34-32-30-28-26-24-22-20-18-16-14-12-10-8-6-4-2/h6,8,12,14-15,17-18,20-21,23-24,26-27,29-30,32,36,38,81,84H,3-5,7,9-11,13,16,19,22,25,28,31,33-35,37,39-80H2,1-2H3/b8-6-,14-12-,17-15-,20-18-,23-21-,26-24-,29-27-,32-30-,38-36-. The van der Waals surface area contributed by atoms with Gasteiger partial charge in [-0.05, 0) is 103 Å². The molecule has 0 aromatic heterocycles. The van der Waals surface area contributed by atoms with E-state index >= 15 is 0 Å². The quantitative estimate of drug-likeness (QED) is 0.0373. The number of unbranched alkanes of at least 4 members (excludes halogenated alkanes) is 45. The summed E-state index contributed by atoms with van der Waals surface area (Å²) in [4.78, 5) is 24.7. The van der Waals surface area contributed by atoms with Crippen LogP contribution in [0.5, 0.6) is 0 Å². The Morgan fingerprint density at radius 1 is 0.273 bits per heavy atom. The van der Waals surface area contributed by atoms with Crippen molar-refractivity contribution >= 4 is 11.9 Å². The van der Waals surface area contributed by atoms with Crippen molar-refractivity contribution in [1.29, 1.82) is 0 Å². The van der Waals surface area contributed by atoms with Crippen molar-refractivity contribution in [2.45, 2.75) is 392 Å². The molecule has 0 bridgehead atoms. The number of aliphatic hydroxyl groups excluding tert-OH is 1. The van der Waals surface area contributed by atoms with Crippen LogP contribution in [0.25, 0.3) is 0 Å². The van der Waals surface area contributed by atoms with Crippen molar-refractivity contribution in [2.24, 2.45) is 0 Å². The summed E-state index contributed by atoms with van der Waals surface area (Å²) in [5.74, 6) is -0.573. The molecule has 0 rings (SSSR count). The van der Waals surface area contributed by atoms with Crippen LogP contribution in [0, 0.1) is 0 Å². The average molecular weight is 1220 g/mol. The Balaban J connectivity index is 3.42. The molecule has 0 saturated carbocycles. The first-order valence-electron chi connectivity index (χ1n) is 38.4. The second kappa shape index (κ2) is 77.8. The smallest absolute Gasteiger partial charge is 0.306 e. The number of allylic oxidation sites excluding steroid dienone is 18. The van der Waals surface area contributed by atoms with Crippen LogP contribution in [0.4, 0.5) is 0 Å². The maximum atomic E-state index is 12.4. The molecule has 0 heterocycles. The number of ether oxygens (including phenoxy) is 2. The Labute approximate surface area is 548 Å². The number of carbonyl (C=O) groups is 2. The van der Waals surface area contributed by atoms with Gasteiger partial charge in [-0.1, -0.05) is 380 Å². The molecule has 0 aliphatic heterocycles. The topological polar surface area (TPSA) is 72.8 Å². The first-order valence-corrected chi connectivity index (χ1v) is 38.4. The predicted octanol–water partition coefficient (Wildman–Crippen LogP) is 27.1. The fraction of sp³-hybridized carbons (Fsp3) is 0.759. The molecule has 0 aromatic carbocycles. The van der Waals surface area contributed by atoms with Gasteiger partial charge in [-0.2, -0.15) is 0 Å². The molecule has 0 saturated heterocycles. The molecule has 0 aliphatic carbocycles. The highest BCUT2D eigenvalue weighted by Gasteiger charge is 2.16. The Bertz CT molecular complexity index is 1670. The predicted molar refractivity (Wildman–Crippen MR) is 389 cm³/mol. The van der Waals surface area contributed by atoms with Gasteiger partial charge in [-0.3, -0.25) is 9.59 Å². The zero-order valence-corrected chi connectivity index (χ0v) is 58.5. The largest absolute Gasteiger partial charge is 0.462 e. The zero-order chi connectivity index (χ0) is 63.3. The van der Waals surface area contributed by atoms with Crippen molar-refractivity contribution in [3.05, 3.63) is 109 Å². The van der Waals surface area contributed by atoms with Crippen LogP contribution < -0.4 is 0 Å². The van der Waals surface area contributed by atoms with Gasteiger partial charge in [-0.25, -0.2) is 0 Å². The van der Waals surface area contributed by atoms with Crippen molar-refractivity contribution in [3.8, 4) is 0 Å². The van der Waals surface area contributed by atoms with Crippen LogP contribution >= 0.6 is 0 Å². The second-order valence-electron chi connectivity index (χ2n) is 25.7. The lowest BCUT2D eigenvalue weighted by molar-refractivity contribution is -0.161. The lowest BCUT2D eigenvalue weighted by atomic mass is 10.0. The zero-order valence-electron chi connectivity index (χ0n) is 58.5. The number of carbonyl (C=O) groups excluding carboxylic acids is 2.